The van der Waals surface area contributed by atoms with Crippen molar-refractivity contribution < 1.29 is 24.2 Å². The lowest BCUT2D eigenvalue weighted by atomic mass is 9.94. The summed E-state index contributed by atoms with van der Waals surface area (Å²) in [5.41, 5.74) is 5.36. The number of esters is 2. The van der Waals surface area contributed by atoms with E-state index in [1.165, 1.54) is 16.7 Å². The first-order valence-electron chi connectivity index (χ1n) is 9.56. The molecule has 2 aromatic carbocycles. The minimum absolute atomic E-state index is 0.0375. The number of carbonyl (C=O) groups is 2. The highest BCUT2D eigenvalue weighted by molar-refractivity contribution is 5.93. The van der Waals surface area contributed by atoms with Gasteiger partial charge in [-0.15, -0.1) is 0 Å². The number of hydrogen-bond donors (Lipinski definition) is 1. The van der Waals surface area contributed by atoms with E-state index in [2.05, 4.69) is 12.1 Å². The van der Waals surface area contributed by atoms with Gasteiger partial charge in [-0.2, -0.15) is 0 Å². The predicted octanol–water partition coefficient (Wildman–Crippen LogP) is 3.34. The molecule has 0 amide bonds. The molecule has 0 radical (unpaired) electrons. The molecule has 2 saturated heterocycles. The molecule has 0 aromatic heterocycles. The molecule has 2 aromatic rings. The Hall–Kier alpha value is -3.08. The van der Waals surface area contributed by atoms with Crippen LogP contribution in [-0.2, 0) is 31.9 Å². The second kappa shape index (κ2) is 6.51. The van der Waals surface area contributed by atoms with Crippen molar-refractivity contribution in [1.82, 2.24) is 0 Å². The molecule has 4 unspecified atom stereocenters. The molecule has 1 N–H and O–H groups in total. The van der Waals surface area contributed by atoms with Crippen molar-refractivity contribution in [3.8, 4) is 0 Å². The van der Waals surface area contributed by atoms with Crippen molar-refractivity contribution in [3.63, 3.8) is 0 Å². The van der Waals surface area contributed by atoms with Gasteiger partial charge in [0.25, 0.3) is 0 Å². The Morgan fingerprint density at radius 2 is 1.46 bits per heavy atom. The van der Waals surface area contributed by atoms with Gasteiger partial charge in [-0.1, -0.05) is 48.5 Å². The molecule has 0 spiro atoms. The molecule has 2 aliphatic carbocycles. The van der Waals surface area contributed by atoms with Gasteiger partial charge in [-0.3, -0.25) is 4.79 Å². The maximum Gasteiger partial charge on any atom is 0.338 e. The zero-order chi connectivity index (χ0) is 19.3. The van der Waals surface area contributed by atoms with Crippen LogP contribution in [0.4, 0.5) is 0 Å². The van der Waals surface area contributed by atoms with E-state index in [9.17, 15) is 9.59 Å². The van der Waals surface area contributed by atoms with E-state index >= 15 is 0 Å². The van der Waals surface area contributed by atoms with Crippen molar-refractivity contribution in [2.45, 2.75) is 43.3 Å². The first-order chi connectivity index (χ1) is 13.7. The van der Waals surface area contributed by atoms with Gasteiger partial charge in [0.2, 0.25) is 0 Å². The molecular formula is C23H20O5. The summed E-state index contributed by atoms with van der Waals surface area (Å²) in [6, 6.07) is 16.3. The molecule has 5 nitrogen and oxygen atoms in total. The summed E-state index contributed by atoms with van der Waals surface area (Å²) in [6.07, 6.45) is 3.13. The van der Waals surface area contributed by atoms with Crippen LogP contribution in [0.5, 0.6) is 0 Å². The van der Waals surface area contributed by atoms with Crippen molar-refractivity contribution >= 4 is 11.9 Å². The fourth-order valence-corrected chi connectivity index (χ4v) is 4.90. The maximum atomic E-state index is 11.4. The van der Waals surface area contributed by atoms with E-state index in [0.29, 0.717) is 17.9 Å². The van der Waals surface area contributed by atoms with Gasteiger partial charge in [0.15, 0.2) is 0 Å². The number of rotatable bonds is 0. The lowest BCUT2D eigenvalue weighted by Crippen LogP contribution is -2.09. The van der Waals surface area contributed by atoms with Crippen molar-refractivity contribution in [1.29, 1.82) is 0 Å². The lowest BCUT2D eigenvalue weighted by molar-refractivity contribution is -0.141. The maximum absolute atomic E-state index is 11.4. The molecule has 5 heteroatoms. The zero-order valence-corrected chi connectivity index (χ0v) is 15.2. The van der Waals surface area contributed by atoms with E-state index in [1.807, 2.05) is 36.4 Å². The van der Waals surface area contributed by atoms with E-state index < -0.39 is 0 Å². The van der Waals surface area contributed by atoms with Crippen LogP contribution in [0.1, 0.15) is 40.5 Å². The van der Waals surface area contributed by atoms with Gasteiger partial charge in [-0.25, -0.2) is 4.79 Å². The Labute approximate surface area is 162 Å². The van der Waals surface area contributed by atoms with Crippen molar-refractivity contribution in [2.24, 2.45) is 0 Å². The topological polar surface area (TPSA) is 72.8 Å². The number of benzene rings is 2. The van der Waals surface area contributed by atoms with Gasteiger partial charge in [0.1, 0.15) is 12.2 Å². The molecule has 0 bridgehead atoms. The SMILES string of the molecule is O=C1CC2c3ccccc3CC2O1.O=C1OC2Cc3ccccc3C2/C1=C\O. The molecule has 2 heterocycles. The van der Waals surface area contributed by atoms with Crippen LogP contribution in [0, 0.1) is 0 Å². The number of aliphatic hydroxyl groups is 1. The van der Waals surface area contributed by atoms with Crippen LogP contribution in [0.25, 0.3) is 0 Å². The fourth-order valence-electron chi connectivity index (χ4n) is 4.90. The molecular weight excluding hydrogens is 356 g/mol. The standard InChI is InChI=1S/C12H10O3.C11H10O2/c13-6-9-11-8-4-2-1-3-7(8)5-10(11)15-12(9)14;12-11-6-9-8-4-2-1-3-7(8)5-10(9)13-11/h1-4,6,10-11,13H,5H2;1-4,9-10H,5-6H2/b9-6+;. The highest BCUT2D eigenvalue weighted by Crippen LogP contribution is 2.45. The largest absolute Gasteiger partial charge is 0.515 e. The van der Waals surface area contributed by atoms with E-state index in [1.54, 1.807) is 0 Å². The Kier molecular flexibility index (Phi) is 3.97. The number of fused-ring (bicyclic) bond motifs is 6. The molecule has 2 aliphatic heterocycles. The van der Waals surface area contributed by atoms with Crippen LogP contribution in [0.3, 0.4) is 0 Å². The number of hydrogen-bond acceptors (Lipinski definition) is 5. The average molecular weight is 376 g/mol. The number of aliphatic hydroxyl groups excluding tert-OH is 1. The summed E-state index contributed by atoms with van der Waals surface area (Å²) in [5.74, 6) is -0.158. The van der Waals surface area contributed by atoms with Crippen LogP contribution in [0.15, 0.2) is 60.4 Å². The Morgan fingerprint density at radius 3 is 2.21 bits per heavy atom. The fraction of sp³-hybridized carbons (Fsp3) is 0.304. The van der Waals surface area contributed by atoms with Gasteiger partial charge >= 0.3 is 11.9 Å². The summed E-state index contributed by atoms with van der Waals surface area (Å²) < 4.78 is 10.4. The monoisotopic (exact) mass is 376 g/mol. The average Bonchev–Trinajstić information content (AvgIpc) is 3.39. The first-order valence-corrected chi connectivity index (χ1v) is 9.56. The molecule has 28 heavy (non-hydrogen) atoms. The summed E-state index contributed by atoms with van der Waals surface area (Å²) in [7, 11) is 0. The molecule has 142 valence electrons. The van der Waals surface area contributed by atoms with E-state index in [0.717, 1.165) is 24.7 Å². The van der Waals surface area contributed by atoms with Gasteiger partial charge in [0.05, 0.1) is 24.2 Å². The normalized spacial score (nSPS) is 29.9. The van der Waals surface area contributed by atoms with Crippen LogP contribution in [-0.4, -0.2) is 29.3 Å². The van der Waals surface area contributed by atoms with E-state index in [4.69, 9.17) is 14.6 Å². The van der Waals surface area contributed by atoms with Crippen molar-refractivity contribution in [2.75, 3.05) is 0 Å². The second-order valence-electron chi connectivity index (χ2n) is 7.65. The second-order valence-corrected chi connectivity index (χ2v) is 7.65. The minimum atomic E-state index is -0.387. The molecule has 6 rings (SSSR count). The summed E-state index contributed by atoms with van der Waals surface area (Å²) >= 11 is 0. The van der Waals surface area contributed by atoms with Gasteiger partial charge < -0.3 is 14.6 Å². The first kappa shape index (κ1) is 17.0. The van der Waals surface area contributed by atoms with E-state index in [-0.39, 0.29) is 30.1 Å². The molecule has 0 saturated carbocycles. The Morgan fingerprint density at radius 1 is 0.821 bits per heavy atom. The Bertz CT molecular complexity index is 992. The minimum Gasteiger partial charge on any atom is -0.515 e. The highest BCUT2D eigenvalue weighted by atomic mass is 16.6. The molecule has 4 atom stereocenters. The van der Waals surface area contributed by atoms with Crippen LogP contribution < -0.4 is 0 Å². The zero-order valence-electron chi connectivity index (χ0n) is 15.2. The third-order valence-electron chi connectivity index (χ3n) is 6.15. The summed E-state index contributed by atoms with van der Waals surface area (Å²) in [4.78, 5) is 22.4. The molecule has 2 fully saturated rings. The Balaban J connectivity index is 0.000000123. The third-order valence-corrected chi connectivity index (χ3v) is 6.15. The van der Waals surface area contributed by atoms with Crippen LogP contribution in [0.2, 0.25) is 0 Å². The predicted molar refractivity (Wildman–Crippen MR) is 101 cm³/mol. The summed E-state index contributed by atoms with van der Waals surface area (Å²) in [6.45, 7) is 0. The van der Waals surface area contributed by atoms with Crippen molar-refractivity contribution in [3.05, 3.63) is 82.6 Å². The number of ether oxygens (including phenoxy) is 2. The van der Waals surface area contributed by atoms with Gasteiger partial charge in [0, 0.05) is 18.8 Å². The summed E-state index contributed by atoms with van der Waals surface area (Å²) in [5, 5.41) is 9.05. The molecule has 4 aliphatic rings. The highest BCUT2D eigenvalue weighted by Gasteiger charge is 2.46. The van der Waals surface area contributed by atoms with Gasteiger partial charge in [-0.05, 0) is 22.3 Å². The third kappa shape index (κ3) is 2.61. The quantitative estimate of drug-likeness (QED) is 0.434. The lowest BCUT2D eigenvalue weighted by Gasteiger charge is -2.06. The number of carbonyl (C=O) groups excluding carboxylic acids is 2. The van der Waals surface area contributed by atoms with Crippen LogP contribution >= 0.6 is 0 Å². The smallest absolute Gasteiger partial charge is 0.338 e.